The summed E-state index contributed by atoms with van der Waals surface area (Å²) in [5.41, 5.74) is 2.82. The molecule has 36 heavy (non-hydrogen) atoms. The maximum Gasteiger partial charge on any atom is 0.261 e. The van der Waals surface area contributed by atoms with E-state index >= 15 is 0 Å². The highest BCUT2D eigenvalue weighted by Gasteiger charge is 2.30. The highest BCUT2D eigenvalue weighted by Crippen LogP contribution is 2.22. The number of hydrogen-bond donors (Lipinski definition) is 1. The van der Waals surface area contributed by atoms with Gasteiger partial charge >= 0.3 is 0 Å². The van der Waals surface area contributed by atoms with Gasteiger partial charge in [0.15, 0.2) is 6.61 Å². The second kappa shape index (κ2) is 14.0. The summed E-state index contributed by atoms with van der Waals surface area (Å²) >= 11 is 9.70. The van der Waals surface area contributed by atoms with Gasteiger partial charge in [-0.05, 0) is 60.4 Å². The standard InChI is InChI=1S/C29H32BrClN2O3/c1-3-4-15-32-29(35)27(18-22-9-6-5-7-10-22)33(19-23-11-8-12-24(31)17-23)28(34)20-36-25-13-14-26(30)21(2)16-25/h5-14,16-17,27H,3-4,15,18-20H2,1-2H3,(H,32,35)/t27-/m1/s1. The lowest BCUT2D eigenvalue weighted by molar-refractivity contribution is -0.142. The first-order valence-corrected chi connectivity index (χ1v) is 13.3. The molecule has 190 valence electrons. The van der Waals surface area contributed by atoms with Crippen LogP contribution in [0.15, 0.2) is 77.3 Å². The van der Waals surface area contributed by atoms with Gasteiger partial charge < -0.3 is 15.0 Å². The molecule has 7 heteroatoms. The van der Waals surface area contributed by atoms with E-state index in [0.717, 1.165) is 34.0 Å². The van der Waals surface area contributed by atoms with E-state index in [4.69, 9.17) is 16.3 Å². The zero-order valence-corrected chi connectivity index (χ0v) is 23.0. The second-order valence-electron chi connectivity index (χ2n) is 8.70. The fourth-order valence-corrected chi connectivity index (χ4v) is 4.29. The van der Waals surface area contributed by atoms with Crippen LogP contribution in [0.4, 0.5) is 0 Å². The fourth-order valence-electron chi connectivity index (χ4n) is 3.83. The Morgan fingerprint density at radius 1 is 1.03 bits per heavy atom. The van der Waals surface area contributed by atoms with E-state index < -0.39 is 6.04 Å². The van der Waals surface area contributed by atoms with Gasteiger partial charge in [0.1, 0.15) is 11.8 Å². The minimum Gasteiger partial charge on any atom is -0.484 e. The summed E-state index contributed by atoms with van der Waals surface area (Å²) < 4.78 is 6.82. The molecule has 0 aliphatic carbocycles. The molecular formula is C29H32BrClN2O3. The third-order valence-electron chi connectivity index (χ3n) is 5.83. The van der Waals surface area contributed by atoms with Gasteiger partial charge in [0, 0.05) is 29.0 Å². The molecule has 3 rings (SSSR count). The number of amides is 2. The molecule has 1 atom stereocenters. The molecule has 0 saturated heterocycles. The monoisotopic (exact) mass is 570 g/mol. The summed E-state index contributed by atoms with van der Waals surface area (Å²) in [5.74, 6) is 0.142. The summed E-state index contributed by atoms with van der Waals surface area (Å²) in [6.45, 7) is 4.65. The average Bonchev–Trinajstić information content (AvgIpc) is 2.87. The number of benzene rings is 3. The van der Waals surface area contributed by atoms with Gasteiger partial charge in [0.25, 0.3) is 5.91 Å². The van der Waals surface area contributed by atoms with Gasteiger partial charge in [-0.3, -0.25) is 9.59 Å². The minimum atomic E-state index is -0.703. The summed E-state index contributed by atoms with van der Waals surface area (Å²) in [5, 5.41) is 3.60. The molecule has 0 spiro atoms. The Morgan fingerprint density at radius 2 is 1.78 bits per heavy atom. The first-order valence-electron chi connectivity index (χ1n) is 12.1. The van der Waals surface area contributed by atoms with E-state index in [1.165, 1.54) is 0 Å². The molecule has 3 aromatic rings. The summed E-state index contributed by atoms with van der Waals surface area (Å²) in [6, 6.07) is 22.0. The Kier molecular flexibility index (Phi) is 10.8. The third-order valence-corrected chi connectivity index (χ3v) is 6.96. The van der Waals surface area contributed by atoms with E-state index in [0.29, 0.717) is 23.7 Å². The Morgan fingerprint density at radius 3 is 2.47 bits per heavy atom. The SMILES string of the molecule is CCCCNC(=O)[C@@H](Cc1ccccc1)N(Cc1cccc(Cl)c1)C(=O)COc1ccc(Br)c(C)c1. The number of ether oxygens (including phenoxy) is 1. The van der Waals surface area contributed by atoms with E-state index in [1.807, 2.05) is 73.7 Å². The van der Waals surface area contributed by atoms with Crippen molar-refractivity contribution in [2.24, 2.45) is 0 Å². The molecule has 1 N–H and O–H groups in total. The minimum absolute atomic E-state index is 0.179. The second-order valence-corrected chi connectivity index (χ2v) is 9.99. The topological polar surface area (TPSA) is 58.6 Å². The lowest BCUT2D eigenvalue weighted by atomic mass is 10.0. The molecule has 0 aliphatic heterocycles. The smallest absolute Gasteiger partial charge is 0.261 e. The van der Waals surface area contributed by atoms with Crippen LogP contribution in [0, 0.1) is 6.92 Å². The summed E-state index contributed by atoms with van der Waals surface area (Å²) in [6.07, 6.45) is 2.23. The van der Waals surface area contributed by atoms with Crippen LogP contribution in [-0.2, 0) is 22.6 Å². The lowest BCUT2D eigenvalue weighted by Crippen LogP contribution is -2.51. The molecule has 0 aromatic heterocycles. The first-order chi connectivity index (χ1) is 17.4. The van der Waals surface area contributed by atoms with Crippen LogP contribution in [0.25, 0.3) is 0 Å². The van der Waals surface area contributed by atoms with Crippen LogP contribution in [0.5, 0.6) is 5.75 Å². The van der Waals surface area contributed by atoms with E-state index in [1.54, 1.807) is 11.0 Å². The molecular weight excluding hydrogens is 540 g/mol. The summed E-state index contributed by atoms with van der Waals surface area (Å²) in [4.78, 5) is 28.6. The van der Waals surface area contributed by atoms with Crippen LogP contribution in [0.2, 0.25) is 5.02 Å². The van der Waals surface area contributed by atoms with Crippen LogP contribution in [0.3, 0.4) is 0 Å². The normalized spacial score (nSPS) is 11.6. The van der Waals surface area contributed by atoms with Crippen molar-refractivity contribution < 1.29 is 14.3 Å². The Labute approximate surface area is 226 Å². The van der Waals surface area contributed by atoms with Gasteiger partial charge in [0.05, 0.1) is 0 Å². The number of carbonyl (C=O) groups is 2. The Balaban J connectivity index is 1.89. The fraction of sp³-hybridized carbons (Fsp3) is 0.310. The first kappa shape index (κ1) is 27.8. The molecule has 0 aliphatic rings. The molecule has 0 radical (unpaired) electrons. The van der Waals surface area contributed by atoms with Crippen LogP contribution in [0.1, 0.15) is 36.5 Å². The number of aryl methyl sites for hydroxylation is 1. The number of hydrogen-bond acceptors (Lipinski definition) is 3. The van der Waals surface area contributed by atoms with Crippen molar-refractivity contribution in [1.82, 2.24) is 10.2 Å². The van der Waals surface area contributed by atoms with Crippen molar-refractivity contribution in [2.45, 2.75) is 45.7 Å². The number of nitrogens with zero attached hydrogens (tertiary/aromatic N) is 1. The van der Waals surface area contributed by atoms with Gasteiger partial charge in [-0.2, -0.15) is 0 Å². The predicted molar refractivity (Wildman–Crippen MR) is 148 cm³/mol. The van der Waals surface area contributed by atoms with Crippen LogP contribution < -0.4 is 10.1 Å². The molecule has 0 saturated carbocycles. The van der Waals surface area contributed by atoms with Crippen molar-refractivity contribution in [3.05, 3.63) is 99.0 Å². The van der Waals surface area contributed by atoms with Crippen molar-refractivity contribution in [3.63, 3.8) is 0 Å². The Hall–Kier alpha value is -2.83. The lowest BCUT2D eigenvalue weighted by Gasteiger charge is -2.31. The maximum atomic E-state index is 13.6. The third kappa shape index (κ3) is 8.38. The van der Waals surface area contributed by atoms with E-state index in [9.17, 15) is 9.59 Å². The highest BCUT2D eigenvalue weighted by atomic mass is 79.9. The van der Waals surface area contributed by atoms with Crippen LogP contribution in [-0.4, -0.2) is 35.9 Å². The maximum absolute atomic E-state index is 13.6. The molecule has 2 amide bonds. The van der Waals surface area contributed by atoms with Crippen molar-refractivity contribution >= 4 is 39.3 Å². The number of nitrogens with one attached hydrogen (secondary N) is 1. The molecule has 3 aromatic carbocycles. The molecule has 0 unspecified atom stereocenters. The zero-order chi connectivity index (χ0) is 25.9. The van der Waals surface area contributed by atoms with E-state index in [-0.39, 0.29) is 25.0 Å². The molecule has 0 bridgehead atoms. The average molecular weight is 572 g/mol. The van der Waals surface area contributed by atoms with Crippen LogP contribution >= 0.6 is 27.5 Å². The Bertz CT molecular complexity index is 1160. The number of carbonyl (C=O) groups excluding carboxylic acids is 2. The molecule has 0 heterocycles. The molecule has 5 nitrogen and oxygen atoms in total. The summed E-state index contributed by atoms with van der Waals surface area (Å²) in [7, 11) is 0. The van der Waals surface area contributed by atoms with Crippen molar-refractivity contribution in [2.75, 3.05) is 13.2 Å². The zero-order valence-electron chi connectivity index (χ0n) is 20.7. The van der Waals surface area contributed by atoms with Gasteiger partial charge in [0.2, 0.25) is 5.91 Å². The highest BCUT2D eigenvalue weighted by molar-refractivity contribution is 9.10. The largest absolute Gasteiger partial charge is 0.484 e. The quantitative estimate of drug-likeness (QED) is 0.258. The van der Waals surface area contributed by atoms with Gasteiger partial charge in [-0.25, -0.2) is 0 Å². The predicted octanol–water partition coefficient (Wildman–Crippen LogP) is 6.35. The number of halogens is 2. The van der Waals surface area contributed by atoms with Gasteiger partial charge in [-0.1, -0.05) is 83.3 Å². The van der Waals surface area contributed by atoms with E-state index in [2.05, 4.69) is 28.2 Å². The number of unbranched alkanes of at least 4 members (excludes halogenated alkanes) is 1. The molecule has 0 fully saturated rings. The van der Waals surface area contributed by atoms with Crippen molar-refractivity contribution in [1.29, 1.82) is 0 Å². The number of rotatable bonds is 12. The van der Waals surface area contributed by atoms with Crippen molar-refractivity contribution in [3.8, 4) is 5.75 Å². The van der Waals surface area contributed by atoms with Gasteiger partial charge in [-0.15, -0.1) is 0 Å².